The number of hydrogen-bond donors (Lipinski definition) is 1. The van der Waals surface area contributed by atoms with Crippen LogP contribution in [0.5, 0.6) is 0 Å². The molecule has 146 valence electrons. The van der Waals surface area contributed by atoms with E-state index in [4.69, 9.17) is 0 Å². The summed E-state index contributed by atoms with van der Waals surface area (Å²) in [5.41, 5.74) is 1.47. The molecule has 1 aromatic heterocycles. The molecule has 0 spiro atoms. The predicted molar refractivity (Wildman–Crippen MR) is 110 cm³/mol. The third-order valence-electron chi connectivity index (χ3n) is 4.38. The van der Waals surface area contributed by atoms with Crippen molar-refractivity contribution in [1.29, 1.82) is 0 Å². The molecular formula is C20H14BrN3O4S. The first-order valence-corrected chi connectivity index (χ1v) is 10.8. The highest BCUT2D eigenvalue weighted by Gasteiger charge is 2.36. The molecule has 0 atom stereocenters. The molecule has 1 N–H and O–H groups in total. The molecule has 0 fully saturated rings. The second-order valence-corrected chi connectivity index (χ2v) is 8.95. The third kappa shape index (κ3) is 3.79. The van der Waals surface area contributed by atoms with Gasteiger partial charge in [0.25, 0.3) is 21.8 Å². The minimum Gasteiger partial charge on any atom is -0.280 e. The van der Waals surface area contributed by atoms with E-state index in [9.17, 15) is 18.0 Å². The molecule has 0 unspecified atom stereocenters. The zero-order chi connectivity index (χ0) is 20.6. The molecule has 29 heavy (non-hydrogen) atoms. The maximum absolute atomic E-state index is 12.6. The standard InChI is InChI=1S/C20H14BrN3O4S/c21-14-3-1-4-15(11-14)23-29(27,28)16-8-6-13(7-9-16)12-24-19(25)17-5-2-10-22-18(17)20(24)26/h1-11,23H,12H2. The Hall–Kier alpha value is -3.04. The van der Waals surface area contributed by atoms with Gasteiger partial charge in [0.05, 0.1) is 17.0 Å². The number of nitrogens with one attached hydrogen (secondary N) is 1. The minimum atomic E-state index is -3.77. The summed E-state index contributed by atoms with van der Waals surface area (Å²) in [6, 6.07) is 16.0. The molecule has 0 saturated heterocycles. The van der Waals surface area contributed by atoms with Crippen LogP contribution in [0.2, 0.25) is 0 Å². The van der Waals surface area contributed by atoms with Gasteiger partial charge in [0.2, 0.25) is 0 Å². The van der Waals surface area contributed by atoms with Gasteiger partial charge in [0, 0.05) is 16.4 Å². The van der Waals surface area contributed by atoms with Crippen LogP contribution in [0.4, 0.5) is 5.69 Å². The lowest BCUT2D eigenvalue weighted by atomic mass is 10.2. The summed E-state index contributed by atoms with van der Waals surface area (Å²) >= 11 is 3.30. The number of benzene rings is 2. The van der Waals surface area contributed by atoms with E-state index in [2.05, 4.69) is 25.6 Å². The second-order valence-electron chi connectivity index (χ2n) is 6.36. The van der Waals surface area contributed by atoms with Crippen LogP contribution in [0, 0.1) is 0 Å². The molecule has 0 aliphatic carbocycles. The Morgan fingerprint density at radius 1 is 0.966 bits per heavy atom. The number of imide groups is 1. The number of pyridine rings is 1. The van der Waals surface area contributed by atoms with E-state index in [0.717, 1.165) is 9.37 Å². The quantitative estimate of drug-likeness (QED) is 0.574. The molecule has 9 heteroatoms. The summed E-state index contributed by atoms with van der Waals surface area (Å²) in [6.07, 6.45) is 1.46. The van der Waals surface area contributed by atoms with Crippen LogP contribution in [0.1, 0.15) is 26.4 Å². The van der Waals surface area contributed by atoms with Crippen LogP contribution in [-0.2, 0) is 16.6 Å². The highest BCUT2D eigenvalue weighted by atomic mass is 79.9. The Balaban J connectivity index is 1.51. The molecule has 1 aliphatic heterocycles. The van der Waals surface area contributed by atoms with E-state index < -0.39 is 21.8 Å². The van der Waals surface area contributed by atoms with Gasteiger partial charge in [-0.05, 0) is 48.0 Å². The Morgan fingerprint density at radius 2 is 1.72 bits per heavy atom. The van der Waals surface area contributed by atoms with Gasteiger partial charge in [-0.2, -0.15) is 0 Å². The average Bonchev–Trinajstić information content (AvgIpc) is 2.93. The molecule has 2 heterocycles. The SMILES string of the molecule is O=C1c2cccnc2C(=O)N1Cc1ccc(S(=O)(=O)Nc2cccc(Br)c2)cc1. The Bertz CT molecular complexity index is 1190. The number of hydrogen-bond acceptors (Lipinski definition) is 5. The summed E-state index contributed by atoms with van der Waals surface area (Å²) in [6.45, 7) is 0.0351. The Kier molecular flexibility index (Phi) is 4.93. The second kappa shape index (κ2) is 7.41. The maximum Gasteiger partial charge on any atom is 0.280 e. The van der Waals surface area contributed by atoms with Gasteiger partial charge >= 0.3 is 0 Å². The van der Waals surface area contributed by atoms with Gasteiger partial charge in [0.15, 0.2) is 0 Å². The van der Waals surface area contributed by atoms with Crippen molar-refractivity contribution >= 4 is 43.5 Å². The maximum atomic E-state index is 12.6. The molecule has 0 saturated carbocycles. The highest BCUT2D eigenvalue weighted by molar-refractivity contribution is 9.10. The van der Waals surface area contributed by atoms with Gasteiger partial charge < -0.3 is 0 Å². The number of amides is 2. The number of fused-ring (bicyclic) bond motifs is 1. The number of nitrogens with zero attached hydrogens (tertiary/aromatic N) is 2. The largest absolute Gasteiger partial charge is 0.280 e. The summed E-state index contributed by atoms with van der Waals surface area (Å²) in [7, 11) is -3.77. The van der Waals surface area contributed by atoms with Crippen LogP contribution < -0.4 is 4.72 Å². The smallest absolute Gasteiger partial charge is 0.280 e. The fourth-order valence-electron chi connectivity index (χ4n) is 2.98. The number of carbonyl (C=O) groups excluding carboxylic acids is 2. The lowest BCUT2D eigenvalue weighted by Crippen LogP contribution is -2.29. The van der Waals surface area contributed by atoms with Crippen LogP contribution in [-0.4, -0.2) is 30.1 Å². The fraction of sp³-hybridized carbons (Fsp3) is 0.0500. The summed E-state index contributed by atoms with van der Waals surface area (Å²) in [5.74, 6) is -0.871. The topological polar surface area (TPSA) is 96.4 Å². The van der Waals surface area contributed by atoms with E-state index in [1.54, 1.807) is 48.5 Å². The number of rotatable bonds is 5. The van der Waals surface area contributed by atoms with E-state index in [1.807, 2.05) is 0 Å². The summed E-state index contributed by atoms with van der Waals surface area (Å²) in [4.78, 5) is 30.0. The average molecular weight is 472 g/mol. The van der Waals surface area contributed by atoms with E-state index in [-0.39, 0.29) is 22.7 Å². The zero-order valence-corrected chi connectivity index (χ0v) is 17.3. The van der Waals surface area contributed by atoms with Gasteiger partial charge in [0.1, 0.15) is 5.69 Å². The molecule has 7 nitrogen and oxygen atoms in total. The van der Waals surface area contributed by atoms with Gasteiger partial charge in [-0.15, -0.1) is 0 Å². The van der Waals surface area contributed by atoms with Gasteiger partial charge in [-0.3, -0.25) is 24.2 Å². The van der Waals surface area contributed by atoms with E-state index >= 15 is 0 Å². The number of aromatic nitrogens is 1. The van der Waals surface area contributed by atoms with Crippen LogP contribution in [0.25, 0.3) is 0 Å². The summed E-state index contributed by atoms with van der Waals surface area (Å²) in [5, 5.41) is 0. The highest BCUT2D eigenvalue weighted by Crippen LogP contribution is 2.24. The number of anilines is 1. The van der Waals surface area contributed by atoms with Crippen molar-refractivity contribution in [3.63, 3.8) is 0 Å². The first-order chi connectivity index (χ1) is 13.8. The summed E-state index contributed by atoms with van der Waals surface area (Å²) < 4.78 is 28.4. The predicted octanol–water partition coefficient (Wildman–Crippen LogP) is 3.44. The van der Waals surface area contributed by atoms with Crippen molar-refractivity contribution in [3.8, 4) is 0 Å². The van der Waals surface area contributed by atoms with Gasteiger partial charge in [-0.25, -0.2) is 8.42 Å². The first-order valence-electron chi connectivity index (χ1n) is 8.54. The normalized spacial score (nSPS) is 13.5. The Labute approximate surface area is 175 Å². The van der Waals surface area contributed by atoms with Crippen molar-refractivity contribution in [2.24, 2.45) is 0 Å². The lowest BCUT2D eigenvalue weighted by molar-refractivity contribution is 0.0640. The van der Waals surface area contributed by atoms with Crippen LogP contribution in [0.3, 0.4) is 0 Å². The minimum absolute atomic E-state index is 0.0351. The monoisotopic (exact) mass is 471 g/mol. The molecule has 2 amide bonds. The van der Waals surface area contributed by atoms with E-state index in [0.29, 0.717) is 11.3 Å². The molecule has 4 rings (SSSR count). The van der Waals surface area contributed by atoms with Gasteiger partial charge in [-0.1, -0.05) is 34.1 Å². The van der Waals surface area contributed by atoms with Crippen LogP contribution >= 0.6 is 15.9 Å². The molecule has 3 aromatic rings. The number of sulfonamides is 1. The first kappa shape index (κ1) is 19.3. The van der Waals surface area contributed by atoms with E-state index in [1.165, 1.54) is 18.3 Å². The van der Waals surface area contributed by atoms with Crippen molar-refractivity contribution < 1.29 is 18.0 Å². The van der Waals surface area contributed by atoms with Crippen molar-refractivity contribution in [1.82, 2.24) is 9.88 Å². The molecule has 0 bridgehead atoms. The van der Waals surface area contributed by atoms with Crippen molar-refractivity contribution in [2.75, 3.05) is 4.72 Å². The fourth-order valence-corrected chi connectivity index (χ4v) is 4.43. The van der Waals surface area contributed by atoms with Crippen LogP contribution in [0.15, 0.2) is 76.2 Å². The molecule has 0 radical (unpaired) electrons. The molecule has 2 aromatic carbocycles. The Morgan fingerprint density at radius 3 is 2.41 bits per heavy atom. The molecule has 1 aliphatic rings. The van der Waals surface area contributed by atoms with Crippen molar-refractivity contribution in [3.05, 3.63) is 88.2 Å². The molecular weight excluding hydrogens is 458 g/mol. The number of halogens is 1. The lowest BCUT2D eigenvalue weighted by Gasteiger charge is -2.14. The zero-order valence-electron chi connectivity index (χ0n) is 14.9. The third-order valence-corrected chi connectivity index (χ3v) is 6.27. The number of carbonyl (C=O) groups is 2. The van der Waals surface area contributed by atoms with Crippen molar-refractivity contribution in [2.45, 2.75) is 11.4 Å².